The molecular formula is C21H21N3O4. The Kier molecular flexibility index (Phi) is 5.08. The standard InChI is InChI=1S/C21H21N3O4/c1-27-17-9-15(11-22-12-17)20(14-7-16(25)8-14)23-21(26)18-10-19(28-24-18)13-5-3-2-4-6-13/h2-6,9-12,14,16,20,25H,7-8H2,1H3,(H,23,26). The zero-order chi connectivity index (χ0) is 19.5. The number of methoxy groups -OCH3 is 1. The molecule has 0 saturated heterocycles. The number of aliphatic hydroxyl groups is 1. The van der Waals surface area contributed by atoms with Gasteiger partial charge in [0.15, 0.2) is 11.5 Å². The summed E-state index contributed by atoms with van der Waals surface area (Å²) in [4.78, 5) is 17.0. The van der Waals surface area contributed by atoms with Crippen LogP contribution in [0.4, 0.5) is 0 Å². The predicted molar refractivity (Wildman–Crippen MR) is 102 cm³/mol. The summed E-state index contributed by atoms with van der Waals surface area (Å²) in [6.45, 7) is 0. The number of carbonyl (C=O) groups is 1. The Labute approximate surface area is 162 Å². The van der Waals surface area contributed by atoms with Gasteiger partial charge in [-0.1, -0.05) is 35.5 Å². The minimum absolute atomic E-state index is 0.119. The summed E-state index contributed by atoms with van der Waals surface area (Å²) in [5.41, 5.74) is 1.89. The number of ether oxygens (including phenoxy) is 1. The van der Waals surface area contributed by atoms with Gasteiger partial charge in [0.25, 0.3) is 5.91 Å². The van der Waals surface area contributed by atoms with Gasteiger partial charge >= 0.3 is 0 Å². The van der Waals surface area contributed by atoms with Gasteiger partial charge in [0, 0.05) is 17.8 Å². The van der Waals surface area contributed by atoms with Crippen molar-refractivity contribution < 1.29 is 19.2 Å². The smallest absolute Gasteiger partial charge is 0.273 e. The number of hydrogen-bond acceptors (Lipinski definition) is 6. The highest BCUT2D eigenvalue weighted by Crippen LogP contribution is 2.38. The van der Waals surface area contributed by atoms with Crippen LogP contribution in [0.15, 0.2) is 59.4 Å². The molecule has 1 amide bonds. The molecule has 0 bridgehead atoms. The van der Waals surface area contributed by atoms with Crippen LogP contribution in [0.25, 0.3) is 11.3 Å². The second kappa shape index (κ2) is 7.82. The SMILES string of the molecule is COc1cncc(C(NC(=O)c2cc(-c3ccccc3)on2)C2CC(O)C2)c1. The number of hydrogen-bond donors (Lipinski definition) is 2. The van der Waals surface area contributed by atoms with E-state index in [0.29, 0.717) is 24.4 Å². The molecule has 144 valence electrons. The topological polar surface area (TPSA) is 97.5 Å². The van der Waals surface area contributed by atoms with E-state index in [2.05, 4.69) is 15.5 Å². The number of nitrogens with one attached hydrogen (secondary N) is 1. The van der Waals surface area contributed by atoms with Crippen LogP contribution >= 0.6 is 0 Å². The van der Waals surface area contributed by atoms with Crippen LogP contribution in [0.3, 0.4) is 0 Å². The fourth-order valence-corrected chi connectivity index (χ4v) is 3.43. The van der Waals surface area contributed by atoms with Gasteiger partial charge in [0.1, 0.15) is 5.75 Å². The second-order valence-corrected chi connectivity index (χ2v) is 6.94. The van der Waals surface area contributed by atoms with E-state index in [1.54, 1.807) is 25.6 Å². The minimum atomic E-state index is -0.334. The Bertz CT molecular complexity index is 951. The van der Waals surface area contributed by atoms with Gasteiger partial charge in [-0.05, 0) is 30.4 Å². The van der Waals surface area contributed by atoms with Crippen molar-refractivity contribution >= 4 is 5.91 Å². The molecule has 1 fully saturated rings. The van der Waals surface area contributed by atoms with Gasteiger partial charge in [-0.2, -0.15) is 0 Å². The number of rotatable bonds is 6. The molecule has 0 spiro atoms. The second-order valence-electron chi connectivity index (χ2n) is 6.94. The molecule has 1 aliphatic rings. The van der Waals surface area contributed by atoms with Crippen molar-refractivity contribution in [3.05, 3.63) is 66.1 Å². The summed E-state index contributed by atoms with van der Waals surface area (Å²) in [6, 6.07) is 12.7. The third-order valence-electron chi connectivity index (χ3n) is 5.04. The monoisotopic (exact) mass is 379 g/mol. The Morgan fingerprint density at radius 1 is 1.25 bits per heavy atom. The molecule has 2 aromatic heterocycles. The number of benzene rings is 1. The van der Waals surface area contributed by atoms with Gasteiger partial charge in [0.05, 0.1) is 25.5 Å². The molecule has 0 aliphatic heterocycles. The summed E-state index contributed by atoms with van der Waals surface area (Å²) >= 11 is 0. The van der Waals surface area contributed by atoms with E-state index in [-0.39, 0.29) is 29.7 Å². The zero-order valence-corrected chi connectivity index (χ0v) is 15.4. The number of amides is 1. The first kappa shape index (κ1) is 18.2. The van der Waals surface area contributed by atoms with Gasteiger partial charge in [-0.3, -0.25) is 9.78 Å². The molecule has 2 N–H and O–H groups in total. The molecule has 7 heteroatoms. The van der Waals surface area contributed by atoms with E-state index >= 15 is 0 Å². The molecule has 28 heavy (non-hydrogen) atoms. The third kappa shape index (κ3) is 3.75. The molecule has 2 heterocycles. The van der Waals surface area contributed by atoms with Crippen molar-refractivity contribution in [2.75, 3.05) is 7.11 Å². The maximum atomic E-state index is 12.8. The lowest BCUT2D eigenvalue weighted by Gasteiger charge is -2.38. The first-order valence-corrected chi connectivity index (χ1v) is 9.14. The average molecular weight is 379 g/mol. The quantitative estimate of drug-likeness (QED) is 0.683. The molecule has 0 radical (unpaired) electrons. The number of nitrogens with zero attached hydrogens (tertiary/aromatic N) is 2. The molecule has 7 nitrogen and oxygen atoms in total. The largest absolute Gasteiger partial charge is 0.495 e. The molecule has 3 aromatic rings. The lowest BCUT2D eigenvalue weighted by atomic mass is 9.75. The lowest BCUT2D eigenvalue weighted by Crippen LogP contribution is -2.41. The molecule has 4 rings (SSSR count). The maximum Gasteiger partial charge on any atom is 0.273 e. The van der Waals surface area contributed by atoms with Crippen LogP contribution in [0.2, 0.25) is 0 Å². The Morgan fingerprint density at radius 2 is 2.04 bits per heavy atom. The average Bonchev–Trinajstić information content (AvgIpc) is 3.21. The first-order valence-electron chi connectivity index (χ1n) is 9.14. The maximum absolute atomic E-state index is 12.8. The molecule has 1 atom stereocenters. The minimum Gasteiger partial charge on any atom is -0.495 e. The number of pyridine rings is 1. The summed E-state index contributed by atoms with van der Waals surface area (Å²) in [5, 5.41) is 16.6. The molecule has 1 unspecified atom stereocenters. The normalized spacial score (nSPS) is 19.5. The fourth-order valence-electron chi connectivity index (χ4n) is 3.43. The zero-order valence-electron chi connectivity index (χ0n) is 15.4. The van der Waals surface area contributed by atoms with E-state index in [1.165, 1.54) is 0 Å². The van der Waals surface area contributed by atoms with Crippen molar-refractivity contribution in [3.63, 3.8) is 0 Å². The van der Waals surface area contributed by atoms with Crippen LogP contribution in [0, 0.1) is 5.92 Å². The highest BCUT2D eigenvalue weighted by atomic mass is 16.5. The van der Waals surface area contributed by atoms with Crippen LogP contribution in [0.1, 0.15) is 34.9 Å². The van der Waals surface area contributed by atoms with E-state index in [4.69, 9.17) is 9.26 Å². The molecular weight excluding hydrogens is 358 g/mol. The van der Waals surface area contributed by atoms with Gasteiger partial charge in [-0.15, -0.1) is 0 Å². The summed E-state index contributed by atoms with van der Waals surface area (Å²) in [6.07, 6.45) is 4.23. The van der Waals surface area contributed by atoms with Gasteiger partial charge < -0.3 is 19.7 Å². The van der Waals surface area contributed by atoms with Crippen molar-refractivity contribution in [3.8, 4) is 17.1 Å². The third-order valence-corrected chi connectivity index (χ3v) is 5.04. The van der Waals surface area contributed by atoms with Crippen LogP contribution in [-0.2, 0) is 0 Å². The van der Waals surface area contributed by atoms with Gasteiger partial charge in [0.2, 0.25) is 0 Å². The van der Waals surface area contributed by atoms with Crippen LogP contribution < -0.4 is 10.1 Å². The number of aromatic nitrogens is 2. The Morgan fingerprint density at radius 3 is 2.75 bits per heavy atom. The number of aliphatic hydroxyl groups excluding tert-OH is 1. The summed E-state index contributed by atoms with van der Waals surface area (Å²) in [5.74, 6) is 0.933. The fraction of sp³-hybridized carbons (Fsp3) is 0.286. The van der Waals surface area contributed by atoms with Crippen molar-refractivity contribution in [2.45, 2.75) is 25.0 Å². The van der Waals surface area contributed by atoms with Gasteiger partial charge in [-0.25, -0.2) is 0 Å². The Balaban J connectivity index is 1.55. The van der Waals surface area contributed by atoms with Crippen LogP contribution in [-0.4, -0.2) is 34.4 Å². The summed E-state index contributed by atoms with van der Waals surface area (Å²) in [7, 11) is 1.57. The Hall–Kier alpha value is -3.19. The van der Waals surface area contributed by atoms with Crippen molar-refractivity contribution in [1.82, 2.24) is 15.5 Å². The predicted octanol–water partition coefficient (Wildman–Crippen LogP) is 2.99. The van der Waals surface area contributed by atoms with E-state index in [9.17, 15) is 9.90 Å². The van der Waals surface area contributed by atoms with E-state index < -0.39 is 0 Å². The van der Waals surface area contributed by atoms with E-state index in [1.807, 2.05) is 36.4 Å². The van der Waals surface area contributed by atoms with Crippen LogP contribution in [0.5, 0.6) is 5.75 Å². The molecule has 1 saturated carbocycles. The summed E-state index contributed by atoms with van der Waals surface area (Å²) < 4.78 is 10.6. The first-order chi connectivity index (χ1) is 13.6. The number of carbonyl (C=O) groups excluding carboxylic acids is 1. The van der Waals surface area contributed by atoms with Crippen molar-refractivity contribution in [1.29, 1.82) is 0 Å². The highest BCUT2D eigenvalue weighted by molar-refractivity contribution is 5.93. The molecule has 1 aromatic carbocycles. The lowest BCUT2D eigenvalue weighted by molar-refractivity contribution is 0.0233. The molecule has 1 aliphatic carbocycles. The van der Waals surface area contributed by atoms with Crippen molar-refractivity contribution in [2.24, 2.45) is 5.92 Å². The van der Waals surface area contributed by atoms with E-state index in [0.717, 1.165) is 11.1 Å². The highest BCUT2D eigenvalue weighted by Gasteiger charge is 2.36.